The summed E-state index contributed by atoms with van der Waals surface area (Å²) in [5, 5.41) is 17.9. The maximum absolute atomic E-state index is 12.4. The average molecular weight is 427 g/mol. The largest absolute Gasteiger partial charge is 0.444 e. The van der Waals surface area contributed by atoms with Crippen LogP contribution in [0, 0.1) is 17.8 Å². The number of amides is 1. The number of aliphatic hydroxyl groups is 1. The lowest BCUT2D eigenvalue weighted by molar-refractivity contribution is 0.0359. The molecule has 3 atom stereocenters. The summed E-state index contributed by atoms with van der Waals surface area (Å²) >= 11 is 0. The van der Waals surface area contributed by atoms with Gasteiger partial charge in [0.15, 0.2) is 0 Å². The molecular formula is C25H50N2O3. The van der Waals surface area contributed by atoms with Crippen LogP contribution in [-0.4, -0.2) is 41.5 Å². The van der Waals surface area contributed by atoms with Gasteiger partial charge in [-0.2, -0.15) is 0 Å². The van der Waals surface area contributed by atoms with Crippen molar-refractivity contribution in [1.82, 2.24) is 10.6 Å². The molecule has 3 unspecified atom stereocenters. The van der Waals surface area contributed by atoms with Crippen LogP contribution in [0.15, 0.2) is 0 Å². The minimum Gasteiger partial charge on any atom is -0.444 e. The molecule has 30 heavy (non-hydrogen) atoms. The van der Waals surface area contributed by atoms with Crippen molar-refractivity contribution in [3.8, 4) is 0 Å². The third-order valence-electron chi connectivity index (χ3n) is 5.97. The van der Waals surface area contributed by atoms with Crippen LogP contribution in [0.3, 0.4) is 0 Å². The average Bonchev–Trinajstić information content (AvgIpc) is 2.62. The van der Waals surface area contributed by atoms with Crippen LogP contribution in [0.2, 0.25) is 0 Å². The molecule has 0 aromatic rings. The minimum absolute atomic E-state index is 0.289. The molecule has 1 fully saturated rings. The lowest BCUT2D eigenvalue weighted by Gasteiger charge is -2.35. The highest BCUT2D eigenvalue weighted by atomic mass is 16.6. The molecule has 3 N–H and O–H groups in total. The van der Waals surface area contributed by atoms with Crippen LogP contribution in [0.5, 0.6) is 0 Å². The van der Waals surface area contributed by atoms with Crippen LogP contribution in [0.25, 0.3) is 0 Å². The summed E-state index contributed by atoms with van der Waals surface area (Å²) < 4.78 is 5.45. The van der Waals surface area contributed by atoms with Crippen molar-refractivity contribution in [2.75, 3.05) is 6.54 Å². The van der Waals surface area contributed by atoms with E-state index in [1.54, 1.807) is 0 Å². The third kappa shape index (κ3) is 12.1. The number of ether oxygens (including phenoxy) is 1. The summed E-state index contributed by atoms with van der Waals surface area (Å²) in [5.41, 5.74) is -0.542. The third-order valence-corrected chi connectivity index (χ3v) is 5.97. The fourth-order valence-corrected chi connectivity index (χ4v) is 4.48. The summed E-state index contributed by atoms with van der Waals surface area (Å²) in [6.45, 7) is 15.4. The number of carbonyl (C=O) groups is 1. The highest BCUT2D eigenvalue weighted by molar-refractivity contribution is 5.68. The quantitative estimate of drug-likeness (QED) is 0.353. The summed E-state index contributed by atoms with van der Waals surface area (Å²) in [6, 6.07) is 0.0194. The van der Waals surface area contributed by atoms with E-state index in [9.17, 15) is 9.90 Å². The number of alkyl carbamates (subject to hydrolysis) is 1. The second kappa shape index (κ2) is 13.6. The van der Waals surface area contributed by atoms with Gasteiger partial charge in [-0.3, -0.25) is 0 Å². The molecule has 178 valence electrons. The zero-order valence-electron chi connectivity index (χ0n) is 20.8. The molecule has 0 spiro atoms. The Morgan fingerprint density at radius 3 is 2.20 bits per heavy atom. The van der Waals surface area contributed by atoms with Gasteiger partial charge in [0.2, 0.25) is 0 Å². The van der Waals surface area contributed by atoms with Gasteiger partial charge < -0.3 is 20.5 Å². The molecule has 0 aromatic carbocycles. The minimum atomic E-state index is -0.579. The molecule has 0 aliphatic heterocycles. The number of hydrogen-bond donors (Lipinski definition) is 3. The number of aliphatic hydroxyl groups excluding tert-OH is 1. The van der Waals surface area contributed by atoms with E-state index in [1.165, 1.54) is 44.9 Å². The van der Waals surface area contributed by atoms with Crippen LogP contribution in [0.4, 0.5) is 4.79 Å². The zero-order valence-corrected chi connectivity index (χ0v) is 20.8. The van der Waals surface area contributed by atoms with Gasteiger partial charge >= 0.3 is 6.09 Å². The molecule has 0 bridgehead atoms. The molecule has 0 saturated heterocycles. The van der Waals surface area contributed by atoms with Crippen molar-refractivity contribution in [1.29, 1.82) is 0 Å². The first-order valence-electron chi connectivity index (χ1n) is 12.4. The van der Waals surface area contributed by atoms with Gasteiger partial charge in [0.05, 0.1) is 12.1 Å². The molecule has 1 aliphatic rings. The van der Waals surface area contributed by atoms with Gasteiger partial charge in [-0.25, -0.2) is 4.79 Å². The number of rotatable bonds is 12. The molecule has 0 heterocycles. The van der Waals surface area contributed by atoms with E-state index in [-0.39, 0.29) is 6.04 Å². The predicted octanol–water partition coefficient (Wildman–Crippen LogP) is 5.65. The molecular weight excluding hydrogens is 376 g/mol. The Bertz CT molecular complexity index is 468. The summed E-state index contributed by atoms with van der Waals surface area (Å²) in [4.78, 5) is 12.4. The Balaban J connectivity index is 2.75. The fraction of sp³-hybridized carbons (Fsp3) is 0.960. The lowest BCUT2D eigenvalue weighted by atomic mass is 9.80. The molecule has 5 heteroatoms. The topological polar surface area (TPSA) is 70.6 Å². The van der Waals surface area contributed by atoms with Crippen molar-refractivity contribution in [2.45, 2.75) is 130 Å². The van der Waals surface area contributed by atoms with Crippen LogP contribution in [-0.2, 0) is 4.74 Å². The van der Waals surface area contributed by atoms with Gasteiger partial charge in [-0.05, 0) is 83.6 Å². The molecule has 1 amide bonds. The highest BCUT2D eigenvalue weighted by Crippen LogP contribution is 2.29. The number of nitrogens with one attached hydrogen (secondary N) is 2. The Hall–Kier alpha value is -0.810. The fourth-order valence-electron chi connectivity index (χ4n) is 4.48. The second-order valence-electron chi connectivity index (χ2n) is 11.2. The van der Waals surface area contributed by atoms with E-state index >= 15 is 0 Å². The Labute approximate surface area is 186 Å². The van der Waals surface area contributed by atoms with Crippen LogP contribution in [0.1, 0.15) is 106 Å². The molecule has 1 rings (SSSR count). The lowest BCUT2D eigenvalue weighted by Crippen LogP contribution is -2.49. The van der Waals surface area contributed by atoms with E-state index in [4.69, 9.17) is 4.74 Å². The summed E-state index contributed by atoms with van der Waals surface area (Å²) in [6.07, 6.45) is 9.18. The van der Waals surface area contributed by atoms with Crippen molar-refractivity contribution in [2.24, 2.45) is 17.8 Å². The van der Waals surface area contributed by atoms with Gasteiger partial charge in [0.1, 0.15) is 5.60 Å². The van der Waals surface area contributed by atoms with Crippen LogP contribution < -0.4 is 10.6 Å². The van der Waals surface area contributed by atoms with Gasteiger partial charge in [0, 0.05) is 6.04 Å². The van der Waals surface area contributed by atoms with Crippen molar-refractivity contribution in [3.63, 3.8) is 0 Å². The molecule has 1 saturated carbocycles. The van der Waals surface area contributed by atoms with Crippen molar-refractivity contribution >= 4 is 6.09 Å². The first kappa shape index (κ1) is 27.2. The molecule has 0 radical (unpaired) electrons. The summed E-state index contributed by atoms with van der Waals surface area (Å²) in [7, 11) is 0. The first-order chi connectivity index (χ1) is 14.0. The maximum atomic E-state index is 12.4. The van der Waals surface area contributed by atoms with Gasteiger partial charge in [-0.1, -0.05) is 47.0 Å². The zero-order chi connectivity index (χ0) is 22.7. The van der Waals surface area contributed by atoms with Crippen molar-refractivity contribution in [3.05, 3.63) is 0 Å². The van der Waals surface area contributed by atoms with Crippen molar-refractivity contribution < 1.29 is 14.6 Å². The van der Waals surface area contributed by atoms with E-state index in [2.05, 4.69) is 38.3 Å². The summed E-state index contributed by atoms with van der Waals surface area (Å²) in [5.74, 6) is 1.72. The van der Waals surface area contributed by atoms with E-state index in [0.717, 1.165) is 18.9 Å². The Kier molecular flexibility index (Phi) is 12.3. The van der Waals surface area contributed by atoms with Gasteiger partial charge in [0.25, 0.3) is 0 Å². The smallest absolute Gasteiger partial charge is 0.407 e. The van der Waals surface area contributed by atoms with E-state index in [1.807, 2.05) is 20.8 Å². The second-order valence-corrected chi connectivity index (χ2v) is 11.2. The Morgan fingerprint density at radius 1 is 1.03 bits per heavy atom. The number of hydrogen-bond acceptors (Lipinski definition) is 4. The molecule has 5 nitrogen and oxygen atoms in total. The predicted molar refractivity (Wildman–Crippen MR) is 126 cm³/mol. The SMILES string of the molecule is CC(C)CCCNC(CC(O)C(CC(C)C)NC(=O)OC(C)(C)C)C1CCCCC1. The van der Waals surface area contributed by atoms with E-state index < -0.39 is 17.8 Å². The monoisotopic (exact) mass is 426 g/mol. The van der Waals surface area contributed by atoms with E-state index in [0.29, 0.717) is 24.3 Å². The maximum Gasteiger partial charge on any atom is 0.407 e. The normalized spacial score (nSPS) is 19.0. The molecule has 1 aliphatic carbocycles. The number of carbonyl (C=O) groups excluding carboxylic acids is 1. The van der Waals surface area contributed by atoms with Crippen LogP contribution >= 0.6 is 0 Å². The Morgan fingerprint density at radius 2 is 1.67 bits per heavy atom. The highest BCUT2D eigenvalue weighted by Gasteiger charge is 2.31. The van der Waals surface area contributed by atoms with Gasteiger partial charge in [-0.15, -0.1) is 0 Å². The first-order valence-corrected chi connectivity index (χ1v) is 12.4. The standard InChI is InChI=1S/C25H50N2O3/c1-18(2)12-11-15-26-21(20-13-9-8-10-14-20)17-23(28)22(16-19(3)4)27-24(29)30-25(5,6)7/h18-23,26,28H,8-17H2,1-7H3,(H,27,29). The molecule has 0 aromatic heterocycles.